The van der Waals surface area contributed by atoms with Gasteiger partial charge in [0.2, 0.25) is 0 Å². The lowest BCUT2D eigenvalue weighted by Gasteiger charge is -2.11. The Balaban J connectivity index is 2.37. The summed E-state index contributed by atoms with van der Waals surface area (Å²) in [6, 6.07) is 7.79. The van der Waals surface area contributed by atoms with Crippen molar-refractivity contribution in [3.05, 3.63) is 43.7 Å². The summed E-state index contributed by atoms with van der Waals surface area (Å²) in [5.41, 5.74) is 3.51. The molecule has 1 aromatic carbocycles. The molecule has 0 aliphatic rings. The van der Waals surface area contributed by atoms with E-state index in [1.54, 1.807) is 7.11 Å². The van der Waals surface area contributed by atoms with Crippen molar-refractivity contribution in [1.82, 2.24) is 14.5 Å². The first-order valence-electron chi connectivity index (χ1n) is 6.13. The maximum Gasteiger partial charge on any atom is 0.184 e. The zero-order chi connectivity index (χ0) is 15.1. The lowest BCUT2D eigenvalue weighted by atomic mass is 10.3. The minimum absolute atomic E-state index is 0.591. The van der Waals surface area contributed by atoms with Crippen LogP contribution in [0.5, 0.6) is 5.75 Å². The molecule has 21 heavy (non-hydrogen) atoms. The van der Waals surface area contributed by atoms with Gasteiger partial charge in [-0.05, 0) is 69.2 Å². The second kappa shape index (κ2) is 5.55. The molecule has 0 amide bonds. The van der Waals surface area contributed by atoms with Crippen LogP contribution in [0.15, 0.2) is 33.2 Å². The fourth-order valence-electron chi connectivity index (χ4n) is 2.15. The van der Waals surface area contributed by atoms with Gasteiger partial charge in [0.1, 0.15) is 5.75 Å². The fraction of sp³-hybridized carbons (Fsp3) is 0.143. The monoisotopic (exact) mass is 427 g/mol. The van der Waals surface area contributed by atoms with Crippen LogP contribution >= 0.6 is 44.1 Å². The number of aryl methyl sites for hydroxylation is 1. The van der Waals surface area contributed by atoms with E-state index >= 15 is 0 Å². The number of hydrogen-bond acceptors (Lipinski definition) is 3. The van der Waals surface area contributed by atoms with Gasteiger partial charge >= 0.3 is 0 Å². The highest BCUT2D eigenvalue weighted by Crippen LogP contribution is 2.34. The number of pyridine rings is 1. The Kier molecular flexibility index (Phi) is 3.90. The van der Waals surface area contributed by atoms with Crippen LogP contribution in [0.25, 0.3) is 16.9 Å². The summed E-state index contributed by atoms with van der Waals surface area (Å²) in [5.74, 6) is 0.733. The normalized spacial score (nSPS) is 11.0. The molecule has 0 aliphatic heterocycles. The molecule has 0 spiro atoms. The van der Waals surface area contributed by atoms with Crippen LogP contribution < -0.4 is 4.74 Å². The van der Waals surface area contributed by atoms with Crippen LogP contribution in [0.3, 0.4) is 0 Å². The van der Waals surface area contributed by atoms with Crippen molar-refractivity contribution in [3.8, 4) is 11.4 Å². The Labute approximate surface area is 143 Å². The van der Waals surface area contributed by atoms with Crippen LogP contribution in [0, 0.1) is 11.7 Å². The molecule has 1 N–H and O–H groups in total. The van der Waals surface area contributed by atoms with E-state index in [2.05, 4.69) is 41.8 Å². The van der Waals surface area contributed by atoms with Gasteiger partial charge in [0.15, 0.2) is 10.4 Å². The first kappa shape index (κ1) is 14.7. The molecule has 2 heterocycles. The highest BCUT2D eigenvalue weighted by Gasteiger charge is 2.14. The summed E-state index contributed by atoms with van der Waals surface area (Å²) in [4.78, 5) is 7.76. The first-order chi connectivity index (χ1) is 10.0. The molecule has 0 bridgehead atoms. The minimum Gasteiger partial charge on any atom is -0.495 e. The summed E-state index contributed by atoms with van der Waals surface area (Å²) in [7, 11) is 1.63. The van der Waals surface area contributed by atoms with Crippen molar-refractivity contribution >= 4 is 55.2 Å². The minimum atomic E-state index is 0.591. The van der Waals surface area contributed by atoms with E-state index in [0.29, 0.717) is 4.77 Å². The van der Waals surface area contributed by atoms with Crippen molar-refractivity contribution < 1.29 is 4.74 Å². The number of H-pyrrole nitrogens is 1. The third kappa shape index (κ3) is 2.54. The molecule has 0 aliphatic carbocycles. The van der Waals surface area contributed by atoms with Gasteiger partial charge in [-0.1, -0.05) is 0 Å². The van der Waals surface area contributed by atoms with Crippen LogP contribution in [-0.2, 0) is 0 Å². The Morgan fingerprint density at radius 1 is 1.24 bits per heavy atom. The molecule has 3 aromatic rings. The van der Waals surface area contributed by atoms with Crippen molar-refractivity contribution in [2.75, 3.05) is 7.11 Å². The van der Waals surface area contributed by atoms with Gasteiger partial charge in [0.05, 0.1) is 22.8 Å². The predicted molar refractivity (Wildman–Crippen MR) is 92.9 cm³/mol. The predicted octanol–water partition coefficient (Wildman–Crippen LogP) is 4.93. The average Bonchev–Trinajstić information content (AvgIpc) is 2.75. The summed E-state index contributed by atoms with van der Waals surface area (Å²) in [6.45, 7) is 1.96. The van der Waals surface area contributed by atoms with E-state index < -0.39 is 0 Å². The molecule has 0 radical (unpaired) electrons. The van der Waals surface area contributed by atoms with E-state index in [4.69, 9.17) is 17.0 Å². The van der Waals surface area contributed by atoms with Gasteiger partial charge in [-0.15, -0.1) is 0 Å². The number of ether oxygens (including phenoxy) is 1. The molecular weight excluding hydrogens is 418 g/mol. The number of methoxy groups -OCH3 is 1. The molecule has 0 unspecified atom stereocenters. The van der Waals surface area contributed by atoms with Crippen molar-refractivity contribution in [2.45, 2.75) is 6.92 Å². The molecule has 108 valence electrons. The SMILES string of the molecule is COc1cc(-n2c(=S)[nH]c3ccc(C)nc32)c(Br)cc1Br. The number of aromatic amines is 1. The third-order valence-electron chi connectivity index (χ3n) is 3.13. The second-order valence-electron chi connectivity index (χ2n) is 4.53. The molecule has 4 nitrogen and oxygen atoms in total. The standard InChI is InChI=1S/C14H11Br2N3OS/c1-7-3-4-10-13(17-7)19(14(21)18-10)11-6-12(20-2)9(16)5-8(11)15/h3-6H,1-2H3,(H,18,21). The number of benzene rings is 1. The number of aromatic nitrogens is 3. The van der Waals surface area contributed by atoms with Crippen molar-refractivity contribution in [3.63, 3.8) is 0 Å². The van der Waals surface area contributed by atoms with E-state index in [0.717, 1.165) is 37.2 Å². The third-order valence-corrected chi connectivity index (χ3v) is 4.67. The lowest BCUT2D eigenvalue weighted by molar-refractivity contribution is 0.412. The van der Waals surface area contributed by atoms with Gasteiger partial charge in [0.25, 0.3) is 0 Å². The molecule has 0 atom stereocenters. The van der Waals surface area contributed by atoms with Crippen LogP contribution in [0.4, 0.5) is 0 Å². The number of rotatable bonds is 2. The van der Waals surface area contributed by atoms with Gasteiger partial charge < -0.3 is 9.72 Å². The van der Waals surface area contributed by atoms with Gasteiger partial charge in [0, 0.05) is 16.2 Å². The van der Waals surface area contributed by atoms with Crippen LogP contribution in [0.1, 0.15) is 5.69 Å². The number of nitrogens with zero attached hydrogens (tertiary/aromatic N) is 2. The van der Waals surface area contributed by atoms with Crippen LogP contribution in [0.2, 0.25) is 0 Å². The number of hydrogen-bond donors (Lipinski definition) is 1. The zero-order valence-corrected chi connectivity index (χ0v) is 15.3. The Morgan fingerprint density at radius 2 is 2.00 bits per heavy atom. The average molecular weight is 429 g/mol. The van der Waals surface area contributed by atoms with Gasteiger partial charge in [-0.25, -0.2) is 4.98 Å². The molecule has 0 saturated carbocycles. The van der Waals surface area contributed by atoms with Crippen molar-refractivity contribution in [1.29, 1.82) is 0 Å². The first-order valence-corrected chi connectivity index (χ1v) is 8.12. The summed E-state index contributed by atoms with van der Waals surface area (Å²) in [6.07, 6.45) is 0. The summed E-state index contributed by atoms with van der Waals surface area (Å²) < 4.78 is 9.63. The van der Waals surface area contributed by atoms with E-state index in [1.807, 2.05) is 35.8 Å². The Hall–Kier alpha value is -1.18. The Morgan fingerprint density at radius 3 is 2.71 bits per heavy atom. The van der Waals surface area contributed by atoms with E-state index in [-0.39, 0.29) is 0 Å². The second-order valence-corrected chi connectivity index (χ2v) is 6.62. The lowest BCUT2D eigenvalue weighted by Crippen LogP contribution is -1.99. The van der Waals surface area contributed by atoms with E-state index in [9.17, 15) is 0 Å². The maximum absolute atomic E-state index is 5.44. The highest BCUT2D eigenvalue weighted by atomic mass is 79.9. The smallest absolute Gasteiger partial charge is 0.184 e. The summed E-state index contributed by atoms with van der Waals surface area (Å²) >= 11 is 12.5. The number of nitrogens with one attached hydrogen (secondary N) is 1. The molecule has 7 heteroatoms. The van der Waals surface area contributed by atoms with Gasteiger partial charge in [-0.3, -0.25) is 4.57 Å². The molecule has 0 fully saturated rings. The number of imidazole rings is 1. The van der Waals surface area contributed by atoms with Gasteiger partial charge in [-0.2, -0.15) is 0 Å². The van der Waals surface area contributed by atoms with Crippen molar-refractivity contribution in [2.24, 2.45) is 0 Å². The topological polar surface area (TPSA) is 42.8 Å². The maximum atomic E-state index is 5.44. The number of fused-ring (bicyclic) bond motifs is 1. The van der Waals surface area contributed by atoms with E-state index in [1.165, 1.54) is 0 Å². The molecule has 0 saturated heterocycles. The Bertz CT molecular complexity index is 901. The molecule has 2 aromatic heterocycles. The quantitative estimate of drug-likeness (QED) is 0.588. The summed E-state index contributed by atoms with van der Waals surface area (Å²) in [5, 5.41) is 0. The molecular formula is C14H11Br2N3OS. The molecule has 3 rings (SSSR count). The number of halogens is 2. The zero-order valence-electron chi connectivity index (χ0n) is 11.3. The largest absolute Gasteiger partial charge is 0.495 e. The fourth-order valence-corrected chi connectivity index (χ4v) is 3.78. The highest BCUT2D eigenvalue weighted by molar-refractivity contribution is 9.11. The van der Waals surface area contributed by atoms with Crippen LogP contribution in [-0.4, -0.2) is 21.6 Å².